The molecule has 0 spiro atoms. The Hall–Kier alpha value is -0.440. The predicted molar refractivity (Wildman–Crippen MR) is 104 cm³/mol. The minimum Gasteiger partial charge on any atom is -0.481 e. The fraction of sp³-hybridized carbons (Fsp3) is 0.850. The van der Waals surface area contributed by atoms with Gasteiger partial charge in [0.25, 0.3) is 0 Å². The molecule has 0 fully saturated rings. The van der Waals surface area contributed by atoms with Crippen LogP contribution in [0, 0.1) is 5.92 Å². The second-order valence-electron chi connectivity index (χ2n) is 6.57. The van der Waals surface area contributed by atoms with E-state index in [0.717, 1.165) is 19.3 Å². The van der Waals surface area contributed by atoms with Crippen molar-refractivity contribution in [2.45, 2.75) is 96.8 Å². The maximum Gasteiger partial charge on any atom is 0.306 e. The van der Waals surface area contributed by atoms with Crippen LogP contribution in [-0.2, 0) is 4.79 Å². The maximum absolute atomic E-state index is 11.0. The Labute approximate surface area is 149 Å². The fourth-order valence-electron chi connectivity index (χ4n) is 2.83. The van der Waals surface area contributed by atoms with Crippen molar-refractivity contribution in [1.29, 1.82) is 0 Å². The molecule has 0 aliphatic rings. The number of carbonyl (C=O) groups is 1. The lowest BCUT2D eigenvalue weighted by molar-refractivity contribution is -0.142. The summed E-state index contributed by atoms with van der Waals surface area (Å²) in [5.74, 6) is -0.179. The van der Waals surface area contributed by atoms with Gasteiger partial charge in [-0.2, -0.15) is 12.6 Å². The lowest BCUT2D eigenvalue weighted by atomic mass is 9.98. The first kappa shape index (κ1) is 22.6. The molecule has 0 radical (unpaired) electrons. The molecule has 0 aromatic carbocycles. The molecular formula is C20H38O2S. The average Bonchev–Trinajstić information content (AvgIpc) is 2.54. The molecule has 0 unspecified atom stereocenters. The number of allylic oxidation sites excluding steroid dienone is 2. The van der Waals surface area contributed by atoms with Crippen LogP contribution in [0.5, 0.6) is 0 Å². The first-order chi connectivity index (χ1) is 11.2. The second kappa shape index (κ2) is 17.9. The van der Waals surface area contributed by atoms with Crippen LogP contribution in [0.25, 0.3) is 0 Å². The monoisotopic (exact) mass is 342 g/mol. The van der Waals surface area contributed by atoms with Crippen LogP contribution in [-0.4, -0.2) is 16.8 Å². The smallest absolute Gasteiger partial charge is 0.306 e. The molecule has 0 heterocycles. The van der Waals surface area contributed by atoms with E-state index in [0.29, 0.717) is 12.2 Å². The van der Waals surface area contributed by atoms with Crippen molar-refractivity contribution >= 4 is 18.6 Å². The van der Waals surface area contributed by atoms with Gasteiger partial charge < -0.3 is 5.11 Å². The lowest BCUT2D eigenvalue weighted by Gasteiger charge is -2.10. The minimum atomic E-state index is -0.656. The zero-order valence-corrected chi connectivity index (χ0v) is 16.0. The largest absolute Gasteiger partial charge is 0.481 e. The van der Waals surface area contributed by atoms with Gasteiger partial charge in [-0.1, -0.05) is 70.4 Å². The first-order valence-electron chi connectivity index (χ1n) is 9.71. The molecule has 0 aromatic heterocycles. The number of thiol groups is 1. The van der Waals surface area contributed by atoms with Gasteiger partial charge in [0.2, 0.25) is 0 Å². The highest BCUT2D eigenvalue weighted by atomic mass is 32.1. The Kier molecular flexibility index (Phi) is 17.6. The van der Waals surface area contributed by atoms with Crippen molar-refractivity contribution < 1.29 is 9.90 Å². The highest BCUT2D eigenvalue weighted by Crippen LogP contribution is 2.16. The molecule has 0 amide bonds. The number of rotatable bonds is 17. The number of hydrogen-bond donors (Lipinski definition) is 2. The standard InChI is InChI=1S/C20H38O2S/c1-2-3-4-5-6-7-8-9-10-11-12-13-14-15-16-19(17-18-23)20(21)22/h9-10,19,23H,2-8,11-18H2,1H3,(H,21,22)/b10-9-/t19-/m0/s1. The summed E-state index contributed by atoms with van der Waals surface area (Å²) in [6.07, 6.45) is 21.4. The Balaban J connectivity index is 3.32. The molecule has 0 bridgehead atoms. The van der Waals surface area contributed by atoms with E-state index in [9.17, 15) is 4.79 Å². The number of carboxylic acid groups (broad SMARTS) is 1. The second-order valence-corrected chi connectivity index (χ2v) is 7.01. The van der Waals surface area contributed by atoms with Crippen molar-refractivity contribution in [3.8, 4) is 0 Å². The maximum atomic E-state index is 11.0. The molecule has 0 saturated heterocycles. The van der Waals surface area contributed by atoms with Gasteiger partial charge in [0.1, 0.15) is 0 Å². The number of hydrogen-bond acceptors (Lipinski definition) is 2. The van der Waals surface area contributed by atoms with E-state index in [1.807, 2.05) is 0 Å². The average molecular weight is 343 g/mol. The van der Waals surface area contributed by atoms with E-state index >= 15 is 0 Å². The van der Waals surface area contributed by atoms with Crippen molar-refractivity contribution in [3.05, 3.63) is 12.2 Å². The van der Waals surface area contributed by atoms with Crippen LogP contribution in [0.2, 0.25) is 0 Å². The van der Waals surface area contributed by atoms with Crippen LogP contribution in [0.15, 0.2) is 12.2 Å². The quantitative estimate of drug-likeness (QED) is 0.176. The Bertz CT molecular complexity index is 289. The summed E-state index contributed by atoms with van der Waals surface area (Å²) in [6.45, 7) is 2.26. The molecule has 0 saturated carbocycles. The van der Waals surface area contributed by atoms with E-state index in [1.165, 1.54) is 64.2 Å². The van der Waals surface area contributed by atoms with Crippen LogP contribution in [0.3, 0.4) is 0 Å². The molecule has 2 nitrogen and oxygen atoms in total. The summed E-state index contributed by atoms with van der Waals surface area (Å²) >= 11 is 4.13. The molecule has 3 heteroatoms. The highest BCUT2D eigenvalue weighted by Gasteiger charge is 2.15. The fourth-order valence-corrected chi connectivity index (χ4v) is 3.14. The van der Waals surface area contributed by atoms with Gasteiger partial charge in [-0.05, 0) is 44.3 Å². The Morgan fingerprint density at radius 1 is 0.870 bits per heavy atom. The molecule has 1 atom stereocenters. The van der Waals surface area contributed by atoms with Gasteiger partial charge in [-0.15, -0.1) is 0 Å². The molecule has 0 rings (SSSR count). The summed E-state index contributed by atoms with van der Waals surface area (Å²) in [4.78, 5) is 11.0. The van der Waals surface area contributed by atoms with Crippen LogP contribution < -0.4 is 0 Å². The number of carboxylic acids is 1. The Morgan fingerprint density at radius 2 is 1.39 bits per heavy atom. The van der Waals surface area contributed by atoms with Gasteiger partial charge in [-0.25, -0.2) is 0 Å². The minimum absolute atomic E-state index is 0.190. The van der Waals surface area contributed by atoms with Crippen molar-refractivity contribution in [1.82, 2.24) is 0 Å². The SMILES string of the molecule is CCCCCCCC/C=C\CCCCCC[C@@H](CCS)C(=O)O. The molecule has 0 aliphatic heterocycles. The summed E-state index contributed by atoms with van der Waals surface area (Å²) in [7, 11) is 0. The molecule has 0 aliphatic carbocycles. The van der Waals surface area contributed by atoms with E-state index in [1.54, 1.807) is 0 Å². The number of aliphatic carboxylic acids is 1. The zero-order valence-electron chi connectivity index (χ0n) is 15.1. The van der Waals surface area contributed by atoms with Crippen molar-refractivity contribution in [3.63, 3.8) is 0 Å². The molecule has 0 aromatic rings. The summed E-state index contributed by atoms with van der Waals surface area (Å²) in [5.41, 5.74) is 0. The number of unbranched alkanes of at least 4 members (excludes halogenated alkanes) is 10. The van der Waals surface area contributed by atoms with E-state index < -0.39 is 5.97 Å². The third-order valence-electron chi connectivity index (χ3n) is 4.39. The van der Waals surface area contributed by atoms with Crippen molar-refractivity contribution in [2.24, 2.45) is 5.92 Å². The molecule has 136 valence electrons. The molecule has 1 N–H and O–H groups in total. The summed E-state index contributed by atoms with van der Waals surface area (Å²) < 4.78 is 0. The van der Waals surface area contributed by atoms with Gasteiger partial charge in [0, 0.05) is 0 Å². The van der Waals surface area contributed by atoms with Gasteiger partial charge in [0.15, 0.2) is 0 Å². The van der Waals surface area contributed by atoms with Gasteiger partial charge >= 0.3 is 5.97 Å². The van der Waals surface area contributed by atoms with Crippen LogP contribution >= 0.6 is 12.6 Å². The zero-order chi connectivity index (χ0) is 17.2. The molecule has 23 heavy (non-hydrogen) atoms. The normalized spacial score (nSPS) is 12.8. The first-order valence-corrected chi connectivity index (χ1v) is 10.3. The lowest BCUT2D eigenvalue weighted by Crippen LogP contribution is -2.14. The van der Waals surface area contributed by atoms with E-state index in [2.05, 4.69) is 31.7 Å². The van der Waals surface area contributed by atoms with E-state index in [4.69, 9.17) is 5.11 Å². The Morgan fingerprint density at radius 3 is 1.91 bits per heavy atom. The van der Waals surface area contributed by atoms with Gasteiger partial charge in [-0.3, -0.25) is 4.79 Å². The molecular weight excluding hydrogens is 304 g/mol. The summed E-state index contributed by atoms with van der Waals surface area (Å²) in [6, 6.07) is 0. The predicted octanol–water partition coefficient (Wildman–Crippen LogP) is 6.65. The van der Waals surface area contributed by atoms with E-state index in [-0.39, 0.29) is 5.92 Å². The van der Waals surface area contributed by atoms with Crippen molar-refractivity contribution in [2.75, 3.05) is 5.75 Å². The highest BCUT2D eigenvalue weighted by molar-refractivity contribution is 7.80. The van der Waals surface area contributed by atoms with Crippen LogP contribution in [0.4, 0.5) is 0 Å². The topological polar surface area (TPSA) is 37.3 Å². The third-order valence-corrected chi connectivity index (χ3v) is 4.65. The third kappa shape index (κ3) is 16.2. The van der Waals surface area contributed by atoms with Crippen LogP contribution in [0.1, 0.15) is 96.8 Å². The summed E-state index contributed by atoms with van der Waals surface area (Å²) in [5, 5.41) is 9.07. The van der Waals surface area contributed by atoms with Gasteiger partial charge in [0.05, 0.1) is 5.92 Å².